The molecule has 0 saturated heterocycles. The lowest BCUT2D eigenvalue weighted by Crippen LogP contribution is -2.25. The molecule has 11 heteroatoms. The topological polar surface area (TPSA) is 149 Å². The molecular weight excluding hydrogens is 466 g/mol. The fourth-order valence-electron chi connectivity index (χ4n) is 3.33. The Morgan fingerprint density at radius 1 is 0.889 bits per heavy atom. The van der Waals surface area contributed by atoms with Gasteiger partial charge in [-0.3, -0.25) is 25.0 Å². The maximum absolute atomic E-state index is 12.1. The van der Waals surface area contributed by atoms with Gasteiger partial charge in [-0.1, -0.05) is 42.5 Å². The van der Waals surface area contributed by atoms with E-state index in [9.17, 15) is 25.0 Å². The third-order valence-corrected chi connectivity index (χ3v) is 5.04. The normalized spacial score (nSPS) is 10.8. The zero-order chi connectivity index (χ0) is 25.5. The summed E-state index contributed by atoms with van der Waals surface area (Å²) in [7, 11) is 0. The Labute approximate surface area is 204 Å². The van der Waals surface area contributed by atoms with Crippen LogP contribution in [0, 0.1) is 20.2 Å². The molecule has 0 atom stereocenters. The van der Waals surface area contributed by atoms with Crippen molar-refractivity contribution >= 4 is 40.0 Å². The van der Waals surface area contributed by atoms with Gasteiger partial charge in [0.2, 0.25) is 5.75 Å². The summed E-state index contributed by atoms with van der Waals surface area (Å²) in [5.41, 5.74) is 2.83. The molecule has 0 aliphatic rings. The average molecular weight is 485 g/mol. The second-order valence-electron chi connectivity index (χ2n) is 7.55. The van der Waals surface area contributed by atoms with E-state index in [1.165, 1.54) is 12.3 Å². The van der Waals surface area contributed by atoms with E-state index in [4.69, 9.17) is 4.74 Å². The Bertz CT molecular complexity index is 1490. The van der Waals surface area contributed by atoms with Gasteiger partial charge in [0.25, 0.3) is 11.6 Å². The smallest absolute Gasteiger partial charge is 0.318 e. The summed E-state index contributed by atoms with van der Waals surface area (Å²) in [6, 6.07) is 23.3. The van der Waals surface area contributed by atoms with E-state index in [2.05, 4.69) is 15.8 Å². The van der Waals surface area contributed by atoms with Crippen molar-refractivity contribution < 1.29 is 19.4 Å². The number of nitrogens with zero attached hydrogens (tertiary/aromatic N) is 3. The van der Waals surface area contributed by atoms with E-state index in [0.717, 1.165) is 28.6 Å². The fraction of sp³-hybridized carbons (Fsp3) is 0.0400. The maximum Gasteiger partial charge on any atom is 0.318 e. The van der Waals surface area contributed by atoms with Gasteiger partial charge < -0.3 is 10.1 Å². The van der Waals surface area contributed by atoms with Crippen LogP contribution >= 0.6 is 0 Å². The number of non-ortho nitro benzene ring substituents is 1. The van der Waals surface area contributed by atoms with Gasteiger partial charge in [-0.05, 0) is 46.7 Å². The fourth-order valence-corrected chi connectivity index (χ4v) is 3.33. The first-order chi connectivity index (χ1) is 17.4. The number of nitro groups is 2. The molecule has 4 aromatic carbocycles. The zero-order valence-electron chi connectivity index (χ0n) is 18.7. The molecule has 11 nitrogen and oxygen atoms in total. The van der Waals surface area contributed by atoms with Crippen LogP contribution in [-0.2, 0) is 4.79 Å². The number of benzene rings is 4. The highest BCUT2D eigenvalue weighted by Crippen LogP contribution is 2.34. The summed E-state index contributed by atoms with van der Waals surface area (Å²) in [6.07, 6.45) is 1.39. The van der Waals surface area contributed by atoms with Crippen molar-refractivity contribution in [3.8, 4) is 11.5 Å². The number of carbonyl (C=O) groups is 1. The summed E-state index contributed by atoms with van der Waals surface area (Å²) < 4.78 is 5.57. The average Bonchev–Trinajstić information content (AvgIpc) is 2.87. The van der Waals surface area contributed by atoms with Crippen LogP contribution in [0.4, 0.5) is 17.1 Å². The Balaban J connectivity index is 1.35. The summed E-state index contributed by atoms with van der Waals surface area (Å²) in [5, 5.41) is 31.3. The zero-order valence-corrected chi connectivity index (χ0v) is 18.7. The minimum absolute atomic E-state index is 0.0165. The largest absolute Gasteiger partial charge is 0.450 e. The van der Waals surface area contributed by atoms with Crippen LogP contribution in [-0.4, -0.2) is 28.5 Å². The molecule has 0 heterocycles. The molecule has 1 amide bonds. The standard InChI is InChI=1S/C25H19N5O6/c31-25(16-26-20-9-8-18-5-1-2-6-19(18)13-20)28-27-15-17-4-3-7-22(12-17)36-24-11-10-21(29(32)33)14-23(24)30(34)35/h1-15,26H,16H2,(H,28,31)/b27-15-. The van der Waals surface area contributed by atoms with E-state index in [1.54, 1.807) is 24.3 Å². The van der Waals surface area contributed by atoms with Gasteiger partial charge in [0.15, 0.2) is 0 Å². The number of amides is 1. The summed E-state index contributed by atoms with van der Waals surface area (Å²) in [5.74, 6) is -0.249. The van der Waals surface area contributed by atoms with E-state index < -0.39 is 21.2 Å². The second kappa shape index (κ2) is 10.7. The van der Waals surface area contributed by atoms with Gasteiger partial charge in [-0.25, -0.2) is 5.43 Å². The highest BCUT2D eigenvalue weighted by atomic mass is 16.6. The van der Waals surface area contributed by atoms with E-state index in [0.29, 0.717) is 5.56 Å². The monoisotopic (exact) mass is 485 g/mol. The van der Waals surface area contributed by atoms with Crippen LogP contribution in [0.1, 0.15) is 5.56 Å². The van der Waals surface area contributed by atoms with Gasteiger partial charge in [-0.15, -0.1) is 0 Å². The number of hydrogen-bond acceptors (Lipinski definition) is 8. The van der Waals surface area contributed by atoms with Crippen molar-refractivity contribution in [1.82, 2.24) is 5.43 Å². The van der Waals surface area contributed by atoms with Crippen molar-refractivity contribution in [2.45, 2.75) is 0 Å². The number of nitro benzene ring substituents is 2. The van der Waals surface area contributed by atoms with E-state index in [-0.39, 0.29) is 24.0 Å². The van der Waals surface area contributed by atoms with Crippen LogP contribution in [0.15, 0.2) is 90.0 Å². The lowest BCUT2D eigenvalue weighted by atomic mass is 10.1. The van der Waals surface area contributed by atoms with Crippen LogP contribution < -0.4 is 15.5 Å². The van der Waals surface area contributed by atoms with Crippen molar-refractivity contribution in [3.05, 3.63) is 111 Å². The molecule has 0 aliphatic carbocycles. The van der Waals surface area contributed by atoms with E-state index >= 15 is 0 Å². The minimum Gasteiger partial charge on any atom is -0.450 e. The number of ether oxygens (including phenoxy) is 1. The molecule has 0 saturated carbocycles. The predicted octanol–water partition coefficient (Wildman–Crippen LogP) is 5.01. The van der Waals surface area contributed by atoms with Crippen LogP contribution in [0.2, 0.25) is 0 Å². The molecule has 0 radical (unpaired) electrons. The molecule has 0 unspecified atom stereocenters. The number of hydrazone groups is 1. The number of hydrogen-bond donors (Lipinski definition) is 2. The Morgan fingerprint density at radius 2 is 1.69 bits per heavy atom. The van der Waals surface area contributed by atoms with Gasteiger partial charge >= 0.3 is 5.69 Å². The number of carbonyl (C=O) groups excluding carboxylic acids is 1. The molecular formula is C25H19N5O6. The third kappa shape index (κ3) is 5.97. The Kier molecular flexibility index (Phi) is 7.11. The SMILES string of the molecule is O=C(CNc1ccc2ccccc2c1)N/N=C\c1cccc(Oc2ccc([N+](=O)[O-])cc2[N+](=O)[O-])c1. The first-order valence-electron chi connectivity index (χ1n) is 10.6. The van der Waals surface area contributed by atoms with Gasteiger partial charge in [0.1, 0.15) is 5.75 Å². The molecule has 36 heavy (non-hydrogen) atoms. The minimum atomic E-state index is -0.755. The molecule has 0 fully saturated rings. The maximum atomic E-state index is 12.1. The van der Waals surface area contributed by atoms with Crippen molar-refractivity contribution in [1.29, 1.82) is 0 Å². The van der Waals surface area contributed by atoms with Gasteiger partial charge in [0, 0.05) is 11.8 Å². The van der Waals surface area contributed by atoms with Crippen LogP contribution in [0.25, 0.3) is 10.8 Å². The molecule has 4 rings (SSSR count). The lowest BCUT2D eigenvalue weighted by Gasteiger charge is -2.07. The molecule has 2 N–H and O–H groups in total. The van der Waals surface area contributed by atoms with Gasteiger partial charge in [-0.2, -0.15) is 5.10 Å². The first kappa shape index (κ1) is 23.8. The van der Waals surface area contributed by atoms with Crippen molar-refractivity contribution in [2.24, 2.45) is 5.10 Å². The number of anilines is 1. The Hall–Kier alpha value is -5.32. The van der Waals surface area contributed by atoms with Crippen LogP contribution in [0.5, 0.6) is 11.5 Å². The summed E-state index contributed by atoms with van der Waals surface area (Å²) >= 11 is 0. The molecule has 0 spiro atoms. The Morgan fingerprint density at radius 3 is 2.47 bits per heavy atom. The number of nitrogens with one attached hydrogen (secondary N) is 2. The van der Waals surface area contributed by atoms with Crippen molar-refractivity contribution in [2.75, 3.05) is 11.9 Å². The van der Waals surface area contributed by atoms with Crippen LogP contribution in [0.3, 0.4) is 0 Å². The summed E-state index contributed by atoms with van der Waals surface area (Å²) in [4.78, 5) is 32.8. The second-order valence-corrected chi connectivity index (χ2v) is 7.55. The third-order valence-electron chi connectivity index (χ3n) is 5.04. The van der Waals surface area contributed by atoms with Crippen molar-refractivity contribution in [3.63, 3.8) is 0 Å². The summed E-state index contributed by atoms with van der Waals surface area (Å²) in [6.45, 7) is 0.0165. The number of rotatable bonds is 9. The quantitative estimate of drug-likeness (QED) is 0.192. The van der Waals surface area contributed by atoms with Gasteiger partial charge in [0.05, 0.1) is 28.7 Å². The molecule has 0 aliphatic heterocycles. The number of fused-ring (bicyclic) bond motifs is 1. The highest BCUT2D eigenvalue weighted by molar-refractivity contribution is 5.87. The molecule has 0 bridgehead atoms. The lowest BCUT2D eigenvalue weighted by molar-refractivity contribution is -0.394. The molecule has 180 valence electrons. The van der Waals surface area contributed by atoms with E-state index in [1.807, 2.05) is 42.5 Å². The predicted molar refractivity (Wildman–Crippen MR) is 134 cm³/mol. The highest BCUT2D eigenvalue weighted by Gasteiger charge is 2.21. The molecule has 4 aromatic rings. The first-order valence-corrected chi connectivity index (χ1v) is 10.6. The molecule has 0 aromatic heterocycles.